The molecular weight excluding hydrogens is 178 g/mol. The third-order valence-electron chi connectivity index (χ3n) is 3.10. The molecule has 3 nitrogen and oxygen atoms in total. The lowest BCUT2D eigenvalue weighted by Crippen LogP contribution is -2.34. The monoisotopic (exact) mass is 193 g/mol. The molecule has 1 aliphatic carbocycles. The molecule has 76 valence electrons. The van der Waals surface area contributed by atoms with Crippen LogP contribution in [-0.4, -0.2) is 23.3 Å². The molecule has 0 unspecified atom stereocenters. The van der Waals surface area contributed by atoms with Gasteiger partial charge in [-0.1, -0.05) is 12.8 Å². The van der Waals surface area contributed by atoms with E-state index in [1.54, 1.807) is 6.92 Å². The van der Waals surface area contributed by atoms with Gasteiger partial charge in [-0.15, -0.1) is 0 Å². The molecule has 14 heavy (non-hydrogen) atoms. The Balaban J connectivity index is 1.99. The lowest BCUT2D eigenvalue weighted by molar-refractivity contribution is -0.137. The number of carbonyl (C=O) groups is 2. The molecule has 1 aliphatic heterocycles. The van der Waals surface area contributed by atoms with E-state index in [4.69, 9.17) is 0 Å². The Morgan fingerprint density at radius 1 is 1.36 bits per heavy atom. The first kappa shape index (κ1) is 9.44. The first-order chi connectivity index (χ1) is 6.68. The molecule has 1 saturated carbocycles. The largest absolute Gasteiger partial charge is 0.275 e. The maximum absolute atomic E-state index is 11.5. The lowest BCUT2D eigenvalue weighted by atomic mass is 10.1. The van der Waals surface area contributed by atoms with Crippen LogP contribution in [0.2, 0.25) is 0 Å². The maximum Gasteiger partial charge on any atom is 0.256 e. The number of rotatable bonds is 2. The summed E-state index contributed by atoms with van der Waals surface area (Å²) < 4.78 is 0. The smallest absolute Gasteiger partial charge is 0.256 e. The molecule has 1 heterocycles. The highest BCUT2D eigenvalue weighted by Gasteiger charge is 2.30. The van der Waals surface area contributed by atoms with Gasteiger partial charge in [0, 0.05) is 18.2 Å². The van der Waals surface area contributed by atoms with E-state index in [2.05, 4.69) is 0 Å². The van der Waals surface area contributed by atoms with Crippen molar-refractivity contribution in [2.24, 2.45) is 5.92 Å². The van der Waals surface area contributed by atoms with Crippen LogP contribution in [0.15, 0.2) is 11.6 Å². The number of imide groups is 1. The van der Waals surface area contributed by atoms with E-state index >= 15 is 0 Å². The fourth-order valence-corrected chi connectivity index (χ4v) is 2.26. The van der Waals surface area contributed by atoms with Gasteiger partial charge in [0.25, 0.3) is 11.8 Å². The van der Waals surface area contributed by atoms with Crippen molar-refractivity contribution in [2.45, 2.75) is 32.6 Å². The quantitative estimate of drug-likeness (QED) is 0.623. The van der Waals surface area contributed by atoms with E-state index in [9.17, 15) is 9.59 Å². The summed E-state index contributed by atoms with van der Waals surface area (Å²) in [4.78, 5) is 24.3. The second-order valence-corrected chi connectivity index (χ2v) is 4.23. The summed E-state index contributed by atoms with van der Waals surface area (Å²) in [6.07, 6.45) is 6.25. The predicted molar refractivity (Wildman–Crippen MR) is 52.4 cm³/mol. The molecule has 0 aromatic rings. The van der Waals surface area contributed by atoms with Crippen molar-refractivity contribution in [1.29, 1.82) is 0 Å². The van der Waals surface area contributed by atoms with Crippen LogP contribution in [0.1, 0.15) is 32.6 Å². The third-order valence-corrected chi connectivity index (χ3v) is 3.10. The van der Waals surface area contributed by atoms with Gasteiger partial charge in [0.05, 0.1) is 0 Å². The molecule has 1 fully saturated rings. The van der Waals surface area contributed by atoms with Crippen LogP contribution >= 0.6 is 0 Å². The maximum atomic E-state index is 11.5. The minimum Gasteiger partial charge on any atom is -0.275 e. The van der Waals surface area contributed by atoms with Gasteiger partial charge in [0.1, 0.15) is 0 Å². The van der Waals surface area contributed by atoms with Crippen molar-refractivity contribution >= 4 is 11.8 Å². The van der Waals surface area contributed by atoms with Gasteiger partial charge in [-0.25, -0.2) is 0 Å². The molecule has 2 rings (SSSR count). The SMILES string of the molecule is CC1=CC(=O)N(CC2CCCC2)C1=O. The highest BCUT2D eigenvalue weighted by atomic mass is 16.2. The Morgan fingerprint density at radius 3 is 2.50 bits per heavy atom. The molecule has 0 N–H and O–H groups in total. The fourth-order valence-electron chi connectivity index (χ4n) is 2.26. The molecule has 0 atom stereocenters. The standard InChI is InChI=1S/C11H15NO2/c1-8-6-10(13)12(11(8)14)7-9-4-2-3-5-9/h6,9H,2-5,7H2,1H3. The van der Waals surface area contributed by atoms with Crippen molar-refractivity contribution in [1.82, 2.24) is 4.90 Å². The zero-order chi connectivity index (χ0) is 10.1. The summed E-state index contributed by atoms with van der Waals surface area (Å²) in [5.74, 6) is 0.323. The first-order valence-corrected chi connectivity index (χ1v) is 5.22. The van der Waals surface area contributed by atoms with Gasteiger partial charge in [-0.05, 0) is 25.7 Å². The molecule has 3 heteroatoms. The summed E-state index contributed by atoms with van der Waals surface area (Å²) in [5.41, 5.74) is 0.577. The summed E-state index contributed by atoms with van der Waals surface area (Å²) in [6.45, 7) is 2.33. The molecular formula is C11H15NO2. The first-order valence-electron chi connectivity index (χ1n) is 5.22. The van der Waals surface area contributed by atoms with Crippen LogP contribution in [-0.2, 0) is 9.59 Å². The Hall–Kier alpha value is -1.12. The minimum atomic E-state index is -0.126. The summed E-state index contributed by atoms with van der Waals surface area (Å²) >= 11 is 0. The summed E-state index contributed by atoms with van der Waals surface area (Å²) in [7, 11) is 0. The molecule has 2 amide bonds. The number of amides is 2. The van der Waals surface area contributed by atoms with Crippen LogP contribution in [0, 0.1) is 5.92 Å². The van der Waals surface area contributed by atoms with E-state index in [0.717, 1.165) is 12.8 Å². The van der Waals surface area contributed by atoms with Crippen LogP contribution in [0.5, 0.6) is 0 Å². The number of nitrogens with zero attached hydrogens (tertiary/aromatic N) is 1. The highest BCUT2D eigenvalue weighted by molar-refractivity contribution is 6.15. The van der Waals surface area contributed by atoms with E-state index < -0.39 is 0 Å². The number of carbonyl (C=O) groups excluding carboxylic acids is 2. The zero-order valence-corrected chi connectivity index (χ0v) is 8.45. The van der Waals surface area contributed by atoms with Gasteiger partial charge in [-0.3, -0.25) is 14.5 Å². The Bertz CT molecular complexity index is 300. The molecule has 0 bridgehead atoms. The minimum absolute atomic E-state index is 0.0955. The zero-order valence-electron chi connectivity index (χ0n) is 8.45. The van der Waals surface area contributed by atoms with Crippen molar-refractivity contribution in [3.63, 3.8) is 0 Å². The van der Waals surface area contributed by atoms with Gasteiger partial charge < -0.3 is 0 Å². The molecule has 0 aromatic carbocycles. The average molecular weight is 193 g/mol. The van der Waals surface area contributed by atoms with E-state index in [1.165, 1.54) is 23.8 Å². The predicted octanol–water partition coefficient (Wildman–Crippen LogP) is 1.49. The molecule has 0 spiro atoms. The van der Waals surface area contributed by atoms with Gasteiger partial charge in [-0.2, -0.15) is 0 Å². The van der Waals surface area contributed by atoms with Crippen molar-refractivity contribution in [3.8, 4) is 0 Å². The number of hydrogen-bond acceptors (Lipinski definition) is 2. The van der Waals surface area contributed by atoms with E-state index in [-0.39, 0.29) is 11.8 Å². The van der Waals surface area contributed by atoms with Crippen LogP contribution in [0.4, 0.5) is 0 Å². The highest BCUT2D eigenvalue weighted by Crippen LogP contribution is 2.27. The fraction of sp³-hybridized carbons (Fsp3) is 0.636. The van der Waals surface area contributed by atoms with Crippen LogP contribution in [0.25, 0.3) is 0 Å². The lowest BCUT2D eigenvalue weighted by Gasteiger charge is -2.18. The molecule has 0 aromatic heterocycles. The summed E-state index contributed by atoms with van der Waals surface area (Å²) in [5, 5.41) is 0. The average Bonchev–Trinajstić information content (AvgIpc) is 2.71. The Kier molecular flexibility index (Phi) is 2.40. The third kappa shape index (κ3) is 1.59. The van der Waals surface area contributed by atoms with Gasteiger partial charge in [0.2, 0.25) is 0 Å². The second kappa shape index (κ2) is 3.56. The second-order valence-electron chi connectivity index (χ2n) is 4.23. The van der Waals surface area contributed by atoms with Crippen molar-refractivity contribution in [3.05, 3.63) is 11.6 Å². The van der Waals surface area contributed by atoms with Crippen molar-refractivity contribution in [2.75, 3.05) is 6.54 Å². The number of hydrogen-bond donors (Lipinski definition) is 0. The van der Waals surface area contributed by atoms with Crippen LogP contribution < -0.4 is 0 Å². The van der Waals surface area contributed by atoms with Crippen LogP contribution in [0.3, 0.4) is 0 Å². The van der Waals surface area contributed by atoms with Gasteiger partial charge in [0.15, 0.2) is 0 Å². The normalized spacial score (nSPS) is 23.5. The van der Waals surface area contributed by atoms with E-state index in [1.807, 2.05) is 0 Å². The van der Waals surface area contributed by atoms with E-state index in [0.29, 0.717) is 18.0 Å². The molecule has 0 radical (unpaired) electrons. The Labute approximate surface area is 83.8 Å². The molecule has 2 aliphatic rings. The van der Waals surface area contributed by atoms with Gasteiger partial charge >= 0.3 is 0 Å². The van der Waals surface area contributed by atoms with Crippen molar-refractivity contribution < 1.29 is 9.59 Å². The Morgan fingerprint density at radius 2 is 2.00 bits per heavy atom. The molecule has 0 saturated heterocycles. The summed E-state index contributed by atoms with van der Waals surface area (Å²) in [6, 6.07) is 0. The topological polar surface area (TPSA) is 37.4 Å².